The van der Waals surface area contributed by atoms with E-state index in [-0.39, 0.29) is 22.9 Å². The number of amides is 1. The van der Waals surface area contributed by atoms with E-state index in [0.717, 1.165) is 42.2 Å². The van der Waals surface area contributed by atoms with Gasteiger partial charge in [0.15, 0.2) is 17.5 Å². The summed E-state index contributed by atoms with van der Waals surface area (Å²) in [7, 11) is 0. The van der Waals surface area contributed by atoms with Crippen LogP contribution in [0.3, 0.4) is 0 Å². The monoisotopic (exact) mass is 633 g/mol. The third-order valence-electron chi connectivity index (χ3n) is 8.59. The summed E-state index contributed by atoms with van der Waals surface area (Å²) in [5.41, 5.74) is 1.47. The molecule has 0 unspecified atom stereocenters. The second-order valence-electron chi connectivity index (χ2n) is 14.3. The van der Waals surface area contributed by atoms with Gasteiger partial charge in [-0.15, -0.1) is 0 Å². The first-order chi connectivity index (χ1) is 21.8. The van der Waals surface area contributed by atoms with Gasteiger partial charge in [0.05, 0.1) is 24.2 Å². The Morgan fingerprint density at radius 2 is 1.87 bits per heavy atom. The average Bonchev–Trinajstić information content (AvgIpc) is 3.61. The fraction of sp³-hybridized carbons (Fsp3) is 0.486. The van der Waals surface area contributed by atoms with Crippen molar-refractivity contribution in [1.29, 1.82) is 0 Å². The van der Waals surface area contributed by atoms with Crippen LogP contribution in [0.1, 0.15) is 66.5 Å². The van der Waals surface area contributed by atoms with E-state index >= 15 is 0 Å². The molecule has 0 aliphatic carbocycles. The quantitative estimate of drug-likeness (QED) is 0.147. The molecular formula is C35H45F2N7O2. The fourth-order valence-electron chi connectivity index (χ4n) is 7.25. The topological polar surface area (TPSA) is 108 Å². The number of ether oxygens (including phenoxy) is 1. The van der Waals surface area contributed by atoms with E-state index in [1.54, 1.807) is 6.07 Å². The number of benzene rings is 2. The normalized spacial score (nSPS) is 15.9. The van der Waals surface area contributed by atoms with Crippen LogP contribution >= 0.6 is 0 Å². The van der Waals surface area contributed by atoms with Crippen LogP contribution in [0.25, 0.3) is 10.9 Å². The van der Waals surface area contributed by atoms with Crippen molar-refractivity contribution in [2.75, 3.05) is 30.3 Å². The summed E-state index contributed by atoms with van der Waals surface area (Å²) in [5, 5.41) is 13.3. The van der Waals surface area contributed by atoms with Crippen molar-refractivity contribution in [2.24, 2.45) is 16.7 Å². The summed E-state index contributed by atoms with van der Waals surface area (Å²) < 4.78 is 33.5. The van der Waals surface area contributed by atoms with Crippen molar-refractivity contribution < 1.29 is 18.3 Å². The zero-order valence-electron chi connectivity index (χ0n) is 27.6. The van der Waals surface area contributed by atoms with Gasteiger partial charge in [0.2, 0.25) is 5.91 Å². The van der Waals surface area contributed by atoms with Crippen molar-refractivity contribution >= 4 is 34.1 Å². The summed E-state index contributed by atoms with van der Waals surface area (Å²) >= 11 is 0. The Balaban J connectivity index is 1.15. The summed E-state index contributed by atoms with van der Waals surface area (Å²) in [6, 6.07) is 11.6. The molecule has 1 fully saturated rings. The molecule has 2 aromatic carbocycles. The first-order valence-corrected chi connectivity index (χ1v) is 16.0. The van der Waals surface area contributed by atoms with E-state index in [1.165, 1.54) is 31.3 Å². The molecule has 1 amide bonds. The molecule has 1 saturated heterocycles. The molecule has 246 valence electrons. The molecule has 46 heavy (non-hydrogen) atoms. The Labute approximate surface area is 269 Å². The molecule has 1 aliphatic heterocycles. The number of nitrogens with zero attached hydrogens (tertiary/aromatic N) is 4. The molecule has 4 aromatic rings. The zero-order valence-corrected chi connectivity index (χ0v) is 27.6. The molecule has 1 atom stereocenters. The van der Waals surface area contributed by atoms with Gasteiger partial charge in [-0.25, -0.2) is 18.7 Å². The van der Waals surface area contributed by atoms with Gasteiger partial charge < -0.3 is 15.4 Å². The minimum absolute atomic E-state index is 0.109. The lowest BCUT2D eigenvalue weighted by Gasteiger charge is -2.47. The molecule has 9 nitrogen and oxygen atoms in total. The lowest BCUT2D eigenvalue weighted by atomic mass is 9.63. The highest BCUT2D eigenvalue weighted by Crippen LogP contribution is 2.46. The summed E-state index contributed by atoms with van der Waals surface area (Å²) in [4.78, 5) is 23.9. The number of hydrogen-bond donors (Lipinski definition) is 3. The highest BCUT2D eigenvalue weighted by Gasteiger charge is 2.44. The molecule has 3 N–H and O–H groups in total. The minimum Gasteiger partial charge on any atom is -0.493 e. The largest absolute Gasteiger partial charge is 0.493 e. The van der Waals surface area contributed by atoms with Crippen LogP contribution in [0.2, 0.25) is 0 Å². The van der Waals surface area contributed by atoms with E-state index in [0.29, 0.717) is 35.9 Å². The van der Waals surface area contributed by atoms with Crippen LogP contribution in [-0.4, -0.2) is 56.7 Å². The van der Waals surface area contributed by atoms with Gasteiger partial charge >= 0.3 is 0 Å². The van der Waals surface area contributed by atoms with Gasteiger partial charge in [0, 0.05) is 35.8 Å². The predicted molar refractivity (Wildman–Crippen MR) is 177 cm³/mol. The van der Waals surface area contributed by atoms with Crippen molar-refractivity contribution in [3.63, 3.8) is 0 Å². The number of anilines is 3. The molecule has 0 bridgehead atoms. The number of hydrogen-bond acceptors (Lipinski definition) is 7. The number of halogens is 2. The second kappa shape index (κ2) is 13.7. The zero-order chi connectivity index (χ0) is 33.1. The number of nitrogens with one attached hydrogen (secondary N) is 3. The molecule has 0 radical (unpaired) electrons. The molecular weight excluding hydrogens is 588 g/mol. The van der Waals surface area contributed by atoms with E-state index < -0.39 is 17.5 Å². The molecule has 1 aliphatic rings. The van der Waals surface area contributed by atoms with Crippen LogP contribution in [0.4, 0.5) is 26.1 Å². The molecule has 2 aromatic heterocycles. The summed E-state index contributed by atoms with van der Waals surface area (Å²) in [6.45, 7) is 17.1. The highest BCUT2D eigenvalue weighted by molar-refractivity contribution is 5.93. The van der Waals surface area contributed by atoms with Crippen molar-refractivity contribution in [3.05, 3.63) is 66.1 Å². The van der Waals surface area contributed by atoms with E-state index in [9.17, 15) is 13.6 Å². The Hall–Kier alpha value is -4.12. The Kier molecular flexibility index (Phi) is 9.91. The van der Waals surface area contributed by atoms with Crippen LogP contribution in [0.15, 0.2) is 48.8 Å². The van der Waals surface area contributed by atoms with Crippen LogP contribution in [0, 0.1) is 28.4 Å². The number of rotatable bonds is 11. The third-order valence-corrected chi connectivity index (χ3v) is 8.59. The predicted octanol–water partition coefficient (Wildman–Crippen LogP) is 7.50. The first-order valence-electron chi connectivity index (χ1n) is 16.0. The first kappa shape index (κ1) is 33.2. The lowest BCUT2D eigenvalue weighted by molar-refractivity contribution is -0.115. The minimum atomic E-state index is -1.10. The van der Waals surface area contributed by atoms with E-state index in [4.69, 9.17) is 4.74 Å². The maximum Gasteiger partial charge on any atom is 0.230 e. The molecule has 11 heteroatoms. The number of aromatic amines is 1. The lowest BCUT2D eigenvalue weighted by Crippen LogP contribution is -2.48. The van der Waals surface area contributed by atoms with Crippen molar-refractivity contribution in [2.45, 2.75) is 73.3 Å². The van der Waals surface area contributed by atoms with Gasteiger partial charge in [-0.2, -0.15) is 5.10 Å². The number of aromatic nitrogens is 4. The highest BCUT2D eigenvalue weighted by atomic mass is 19.2. The maximum absolute atomic E-state index is 13.9. The van der Waals surface area contributed by atoms with Crippen molar-refractivity contribution in [3.8, 4) is 5.75 Å². The number of H-pyrrole nitrogens is 1. The summed E-state index contributed by atoms with van der Waals surface area (Å²) in [6.07, 6.45) is 4.82. The Morgan fingerprint density at radius 1 is 1.09 bits per heavy atom. The van der Waals surface area contributed by atoms with Gasteiger partial charge in [-0.05, 0) is 66.8 Å². The second-order valence-corrected chi connectivity index (χ2v) is 14.3. The SMILES string of the molecule is CC(C)(C)C([C@H]1CCCN1CCCOc1ccc2c(Nc3cc(CC(=O)Nc4cccc(F)c4F)[nH]n3)ncnc2c1)C(C)(C)C. The third kappa shape index (κ3) is 7.99. The maximum atomic E-state index is 13.9. The number of carbonyl (C=O) groups excluding carboxylic acids is 1. The van der Waals surface area contributed by atoms with Crippen LogP contribution in [-0.2, 0) is 11.2 Å². The van der Waals surface area contributed by atoms with E-state index in [2.05, 4.69) is 77.2 Å². The van der Waals surface area contributed by atoms with Gasteiger partial charge in [0.1, 0.15) is 17.9 Å². The number of fused-ring (bicyclic) bond motifs is 1. The van der Waals surface area contributed by atoms with E-state index in [1.807, 2.05) is 18.2 Å². The number of carbonyl (C=O) groups is 1. The molecule has 5 rings (SSSR count). The fourth-order valence-corrected chi connectivity index (χ4v) is 7.25. The Bertz CT molecular complexity index is 1650. The smallest absolute Gasteiger partial charge is 0.230 e. The molecule has 3 heterocycles. The average molecular weight is 634 g/mol. The van der Waals surface area contributed by atoms with Gasteiger partial charge in [-0.1, -0.05) is 47.6 Å². The summed E-state index contributed by atoms with van der Waals surface area (Å²) in [5.74, 6) is -0.296. The van der Waals surface area contributed by atoms with Crippen LogP contribution in [0.5, 0.6) is 5.75 Å². The van der Waals surface area contributed by atoms with Gasteiger partial charge in [-0.3, -0.25) is 14.8 Å². The van der Waals surface area contributed by atoms with Crippen molar-refractivity contribution in [1.82, 2.24) is 25.1 Å². The Morgan fingerprint density at radius 3 is 2.63 bits per heavy atom. The number of likely N-dealkylation sites (tertiary alicyclic amines) is 1. The molecule has 0 spiro atoms. The van der Waals surface area contributed by atoms with Crippen LogP contribution < -0.4 is 15.4 Å². The van der Waals surface area contributed by atoms with Gasteiger partial charge in [0.25, 0.3) is 0 Å². The standard InChI is InChI=1S/C35H45F2N7O2/c1-34(2,3)32(35(4,5)6)28-12-8-15-44(28)16-9-17-46-23-13-14-24-27(20-23)38-21-39-33(24)41-29-18-22(42-43-29)19-30(45)40-26-11-7-10-25(36)31(26)37/h7,10-11,13-14,18,20-21,28,32H,8-9,12,15-17,19H2,1-6H3,(H,40,45)(H2,38,39,41,42,43)/t28-/m1/s1. The molecule has 0 saturated carbocycles.